The summed E-state index contributed by atoms with van der Waals surface area (Å²) in [6.45, 7) is 9.82. The molecule has 0 aromatic heterocycles. The van der Waals surface area contributed by atoms with Gasteiger partial charge in [0.1, 0.15) is 23.0 Å². The third kappa shape index (κ3) is 12.0. The van der Waals surface area contributed by atoms with Crippen molar-refractivity contribution in [2.24, 2.45) is 0 Å². The molecule has 0 spiro atoms. The number of para-hydroxylation sites is 4. The number of carbonyl (C=O) groups is 6. The smallest absolute Gasteiger partial charge is 0.333 e. The molecule has 0 bridgehead atoms. The molecule has 0 heterocycles. The van der Waals surface area contributed by atoms with Crippen LogP contribution in [-0.2, 0) is 41.7 Å². The average molecular weight is 953 g/mol. The highest BCUT2D eigenvalue weighted by Crippen LogP contribution is 2.35. The van der Waals surface area contributed by atoms with Crippen LogP contribution in [0, 0.1) is 0 Å². The highest BCUT2D eigenvalue weighted by atomic mass is 32.2. The van der Waals surface area contributed by atoms with Crippen LogP contribution in [0.1, 0.15) is 66.4 Å². The van der Waals surface area contributed by atoms with Crippen molar-refractivity contribution in [1.82, 2.24) is 0 Å². The van der Waals surface area contributed by atoms with E-state index in [0.29, 0.717) is 12.6 Å². The van der Waals surface area contributed by atoms with Crippen LogP contribution in [0.15, 0.2) is 155 Å². The van der Waals surface area contributed by atoms with Gasteiger partial charge in [0.15, 0.2) is 24.1 Å². The van der Waals surface area contributed by atoms with Gasteiger partial charge >= 0.3 is 11.9 Å². The number of esters is 2. The third-order valence-corrected chi connectivity index (χ3v) is 12.0. The van der Waals surface area contributed by atoms with Crippen molar-refractivity contribution in [3.05, 3.63) is 179 Å². The van der Waals surface area contributed by atoms with E-state index in [4.69, 9.17) is 18.9 Å². The van der Waals surface area contributed by atoms with Crippen molar-refractivity contribution in [3.8, 4) is 34.5 Å². The second-order valence-electron chi connectivity index (χ2n) is 15.2. The molecule has 6 aromatic carbocycles. The zero-order valence-electron chi connectivity index (χ0n) is 37.1. The second kappa shape index (κ2) is 22.1. The number of ether oxygens (including phenoxy) is 4. The van der Waals surface area contributed by atoms with E-state index >= 15 is 0 Å². The monoisotopic (exact) mass is 952 g/mol. The summed E-state index contributed by atoms with van der Waals surface area (Å²) in [5, 5.41) is 26.9. The Bertz CT molecular complexity index is 2910. The molecular formula is C52H44N2O14S. The molecule has 2 amide bonds. The van der Waals surface area contributed by atoms with Crippen molar-refractivity contribution < 1.29 is 66.3 Å². The summed E-state index contributed by atoms with van der Waals surface area (Å²) in [4.78, 5) is 74.1. The van der Waals surface area contributed by atoms with E-state index < -0.39 is 45.1 Å². The number of nitrogens with one attached hydrogen (secondary N) is 2. The van der Waals surface area contributed by atoms with E-state index in [1.807, 2.05) is 0 Å². The first-order valence-electron chi connectivity index (χ1n) is 20.9. The van der Waals surface area contributed by atoms with Crippen LogP contribution in [-0.4, -0.2) is 68.2 Å². The van der Waals surface area contributed by atoms with Gasteiger partial charge in [-0.15, -0.1) is 0 Å². The molecule has 0 aliphatic rings. The minimum absolute atomic E-state index is 0.0585. The zero-order chi connectivity index (χ0) is 49.8. The Morgan fingerprint density at radius 3 is 1.26 bits per heavy atom. The molecule has 0 aliphatic carbocycles. The van der Waals surface area contributed by atoms with Crippen LogP contribution >= 0.6 is 0 Å². The SMILES string of the molecule is C=C(C)C(=O)OCCc1ccc(C(=O)Nc2ccccc2Oc2ccc(S(=O)(=O)c3ccc(Oc4ccccc4NC(=O)c4ccc(CCOC(=O)C(=C)C)c(O)c4C=O)cc3)cc2)c(C=O)c1O. The van der Waals surface area contributed by atoms with E-state index in [1.54, 1.807) is 48.5 Å². The normalized spacial score (nSPS) is 10.8. The van der Waals surface area contributed by atoms with Gasteiger partial charge in [0, 0.05) is 24.0 Å². The van der Waals surface area contributed by atoms with Crippen LogP contribution in [0.5, 0.6) is 34.5 Å². The number of phenols is 2. The number of aldehydes is 2. The Balaban J connectivity index is 1.09. The highest BCUT2D eigenvalue weighted by Gasteiger charge is 2.23. The first kappa shape index (κ1) is 49.6. The molecule has 69 heavy (non-hydrogen) atoms. The predicted octanol–water partition coefficient (Wildman–Crippen LogP) is 8.97. The first-order chi connectivity index (χ1) is 33.0. The summed E-state index contributed by atoms with van der Waals surface area (Å²) in [6.07, 6.45) is 0.847. The molecule has 16 nitrogen and oxygen atoms in total. The molecule has 0 aliphatic heterocycles. The van der Waals surface area contributed by atoms with Gasteiger partial charge in [-0.05, 0) is 110 Å². The first-order valence-corrected chi connectivity index (χ1v) is 22.4. The molecule has 6 rings (SSSR count). The highest BCUT2D eigenvalue weighted by molar-refractivity contribution is 7.91. The zero-order valence-corrected chi connectivity index (χ0v) is 38.0. The van der Waals surface area contributed by atoms with Gasteiger partial charge in [0.05, 0.1) is 56.6 Å². The molecule has 0 radical (unpaired) electrons. The maximum atomic E-state index is 13.7. The lowest BCUT2D eigenvalue weighted by Crippen LogP contribution is -2.15. The van der Waals surface area contributed by atoms with Crippen molar-refractivity contribution >= 4 is 57.5 Å². The second-order valence-corrected chi connectivity index (χ2v) is 17.1. The number of benzene rings is 6. The van der Waals surface area contributed by atoms with Crippen molar-refractivity contribution in [3.63, 3.8) is 0 Å². The van der Waals surface area contributed by atoms with Gasteiger partial charge in [-0.2, -0.15) is 0 Å². The van der Waals surface area contributed by atoms with Gasteiger partial charge in [0.25, 0.3) is 11.8 Å². The molecule has 352 valence electrons. The summed E-state index contributed by atoms with van der Waals surface area (Å²) < 4.78 is 49.5. The number of amides is 2. The fourth-order valence-electron chi connectivity index (χ4n) is 6.56. The van der Waals surface area contributed by atoms with Gasteiger partial charge in [-0.25, -0.2) is 18.0 Å². The van der Waals surface area contributed by atoms with E-state index in [0.717, 1.165) is 0 Å². The Hall–Kier alpha value is -8.83. The van der Waals surface area contributed by atoms with E-state index in [1.165, 1.54) is 86.6 Å². The quantitative estimate of drug-likeness (QED) is 0.0318. The lowest BCUT2D eigenvalue weighted by molar-refractivity contribution is -0.139. The van der Waals surface area contributed by atoms with E-state index in [2.05, 4.69) is 23.8 Å². The Morgan fingerprint density at radius 1 is 0.551 bits per heavy atom. The van der Waals surface area contributed by atoms with Gasteiger partial charge in [-0.1, -0.05) is 49.6 Å². The van der Waals surface area contributed by atoms with E-state index in [9.17, 15) is 47.4 Å². The number of anilines is 2. The molecule has 17 heteroatoms. The minimum Gasteiger partial charge on any atom is -0.507 e. The topological polar surface area (TPSA) is 238 Å². The number of hydrogen-bond acceptors (Lipinski definition) is 14. The number of sulfone groups is 1. The van der Waals surface area contributed by atoms with Crippen LogP contribution < -0.4 is 20.1 Å². The largest absolute Gasteiger partial charge is 0.507 e. The lowest BCUT2D eigenvalue weighted by atomic mass is 10.0. The number of phenolic OH excluding ortho intramolecular Hbond substituents is 2. The molecule has 6 aromatic rings. The summed E-state index contributed by atoms with van der Waals surface area (Å²) in [5.74, 6) is -2.72. The molecule has 0 fully saturated rings. The Morgan fingerprint density at radius 2 is 0.913 bits per heavy atom. The fourth-order valence-corrected chi connectivity index (χ4v) is 7.82. The van der Waals surface area contributed by atoms with Gasteiger partial charge in [-0.3, -0.25) is 19.2 Å². The number of hydrogen-bond donors (Lipinski definition) is 4. The maximum Gasteiger partial charge on any atom is 0.333 e. The number of carbonyl (C=O) groups excluding carboxylic acids is 6. The summed E-state index contributed by atoms with van der Waals surface area (Å²) in [6, 6.07) is 29.5. The predicted molar refractivity (Wildman–Crippen MR) is 253 cm³/mol. The maximum absolute atomic E-state index is 13.7. The molecule has 0 unspecified atom stereocenters. The molecular weight excluding hydrogens is 909 g/mol. The Kier molecular flexibility index (Phi) is 15.9. The van der Waals surface area contributed by atoms with Crippen molar-refractivity contribution in [1.29, 1.82) is 0 Å². The summed E-state index contributed by atoms with van der Waals surface area (Å²) in [7, 11) is -4.05. The molecule has 4 N–H and O–H groups in total. The van der Waals surface area contributed by atoms with Crippen molar-refractivity contribution in [2.75, 3.05) is 23.8 Å². The standard InChI is InChI=1S/C52H44N2O14S/c1-31(2)51(61)65-27-25-33-13-23-39(41(29-55)47(33)57)49(59)53-43-9-5-7-11-45(43)67-35-15-19-37(20-16-35)69(63,64)38-21-17-36(18-22-38)68-46-12-8-6-10-44(46)54-50(60)40-24-14-34(48(58)42(40)30-56)26-28-66-52(62)32(3)4/h5-24,29-30,57-58H,1,3,25-28H2,2,4H3,(H,53,59)(H,54,60). The van der Waals surface area contributed by atoms with Crippen LogP contribution in [0.3, 0.4) is 0 Å². The number of rotatable bonds is 20. The molecule has 0 saturated carbocycles. The van der Waals surface area contributed by atoms with Crippen LogP contribution in [0.25, 0.3) is 0 Å². The molecule has 0 saturated heterocycles. The van der Waals surface area contributed by atoms with Crippen LogP contribution in [0.2, 0.25) is 0 Å². The Labute approximate surface area is 396 Å². The summed E-state index contributed by atoms with van der Waals surface area (Å²) in [5.41, 5.74) is 0.596. The van der Waals surface area contributed by atoms with Gasteiger partial charge in [0.2, 0.25) is 9.84 Å². The minimum atomic E-state index is -4.05. The van der Waals surface area contributed by atoms with Gasteiger partial charge < -0.3 is 39.8 Å². The third-order valence-electron chi connectivity index (χ3n) is 10.2. The van der Waals surface area contributed by atoms with Crippen molar-refractivity contribution in [2.45, 2.75) is 36.5 Å². The van der Waals surface area contributed by atoms with Crippen LogP contribution in [0.4, 0.5) is 11.4 Å². The number of aromatic hydroxyl groups is 2. The summed E-state index contributed by atoms with van der Waals surface area (Å²) >= 11 is 0. The lowest BCUT2D eigenvalue weighted by Gasteiger charge is -2.15. The molecule has 0 atom stereocenters. The fraction of sp³-hybridized carbons (Fsp3) is 0.115. The average Bonchev–Trinajstić information content (AvgIpc) is 3.33. The van der Waals surface area contributed by atoms with E-state index in [-0.39, 0.29) is 115 Å².